The number of carbonyl (C=O) groups excluding carboxylic acids is 4. The lowest BCUT2D eigenvalue weighted by molar-refractivity contribution is -0.165. The van der Waals surface area contributed by atoms with Crippen LogP contribution in [-0.2, 0) is 25.7 Å². The maximum atomic E-state index is 13.6. The van der Waals surface area contributed by atoms with Crippen LogP contribution in [0.3, 0.4) is 0 Å². The van der Waals surface area contributed by atoms with Crippen LogP contribution >= 0.6 is 0 Å². The first-order valence-corrected chi connectivity index (χ1v) is 12.2. The van der Waals surface area contributed by atoms with Gasteiger partial charge in [0.2, 0.25) is 0 Å². The van der Waals surface area contributed by atoms with Gasteiger partial charge in [-0.2, -0.15) is 0 Å². The molecule has 0 radical (unpaired) electrons. The summed E-state index contributed by atoms with van der Waals surface area (Å²) in [6, 6.07) is 7.52. The summed E-state index contributed by atoms with van der Waals surface area (Å²) >= 11 is 0. The second kappa shape index (κ2) is 13.1. The molecule has 0 bridgehead atoms. The van der Waals surface area contributed by atoms with Crippen LogP contribution in [0.2, 0.25) is 0 Å². The fourth-order valence-electron chi connectivity index (χ4n) is 3.79. The maximum absolute atomic E-state index is 13.6. The van der Waals surface area contributed by atoms with Crippen LogP contribution < -0.4 is 16.2 Å². The van der Waals surface area contributed by atoms with E-state index in [0.29, 0.717) is 19.3 Å². The molecule has 1 aromatic carbocycles. The van der Waals surface area contributed by atoms with E-state index >= 15 is 0 Å². The van der Waals surface area contributed by atoms with Gasteiger partial charge in [0.25, 0.3) is 11.8 Å². The number of nitrogens with one attached hydrogen (secondary N) is 3. The van der Waals surface area contributed by atoms with E-state index < -0.39 is 41.7 Å². The highest BCUT2D eigenvalue weighted by Gasteiger charge is 2.42. The third kappa shape index (κ3) is 8.71. The van der Waals surface area contributed by atoms with Gasteiger partial charge < -0.3 is 14.8 Å². The number of nitrogens with zero attached hydrogens (tertiary/aromatic N) is 2. The van der Waals surface area contributed by atoms with Crippen LogP contribution in [0, 0.1) is 5.92 Å². The Labute approximate surface area is 212 Å². The first-order valence-electron chi connectivity index (χ1n) is 12.2. The molecule has 1 aliphatic heterocycles. The van der Waals surface area contributed by atoms with Crippen molar-refractivity contribution in [3.63, 3.8) is 0 Å². The minimum Gasteiger partial charge on any atom is -0.443 e. The highest BCUT2D eigenvalue weighted by molar-refractivity contribution is 5.91. The molecule has 0 aliphatic carbocycles. The smallest absolute Gasteiger partial charge is 0.429 e. The molecule has 1 saturated heterocycles. The quantitative estimate of drug-likeness (QED) is 0.486. The van der Waals surface area contributed by atoms with Gasteiger partial charge in [0.05, 0.1) is 6.04 Å². The van der Waals surface area contributed by atoms with Crippen LogP contribution in [0.5, 0.6) is 0 Å². The van der Waals surface area contributed by atoms with Crippen molar-refractivity contribution in [1.29, 1.82) is 0 Å². The van der Waals surface area contributed by atoms with Gasteiger partial charge in [-0.05, 0) is 58.6 Å². The van der Waals surface area contributed by atoms with Gasteiger partial charge in [0.15, 0.2) is 0 Å². The number of hydrogen-bond donors (Lipinski definition) is 3. The Balaban J connectivity index is 2.22. The number of rotatable bonds is 7. The highest BCUT2D eigenvalue weighted by atomic mass is 16.6. The largest absolute Gasteiger partial charge is 0.443 e. The van der Waals surface area contributed by atoms with Gasteiger partial charge in [-0.1, -0.05) is 44.2 Å². The lowest BCUT2D eigenvalue weighted by atomic mass is 10.0. The molecular formula is C25H39N5O6. The van der Waals surface area contributed by atoms with E-state index in [4.69, 9.17) is 9.47 Å². The van der Waals surface area contributed by atoms with E-state index in [-0.39, 0.29) is 19.1 Å². The molecule has 1 heterocycles. The molecule has 1 aromatic rings. The van der Waals surface area contributed by atoms with Crippen LogP contribution in [0.15, 0.2) is 30.3 Å². The zero-order chi connectivity index (χ0) is 26.9. The Morgan fingerprint density at radius 2 is 1.75 bits per heavy atom. The Bertz CT molecular complexity index is 902. The number of benzene rings is 1. The van der Waals surface area contributed by atoms with E-state index in [0.717, 1.165) is 10.6 Å². The molecule has 11 heteroatoms. The Hall–Kier alpha value is -3.34. The van der Waals surface area contributed by atoms with Gasteiger partial charge >= 0.3 is 12.2 Å². The summed E-state index contributed by atoms with van der Waals surface area (Å²) in [4.78, 5) is 51.8. The standard InChI is InChI=1S/C25H39N5O6/c1-17(2)15-19(26-6)22(32)30-20(21(31)27-28-23(33)36-25(3,4)5)13-10-14-29(30)24(34)35-16-18-11-8-7-9-12-18/h7-9,11-12,17,19-20,26H,10,13-16H2,1-6H3,(H,27,31)(H,28,33)/t19-,20+/m1/s1. The lowest BCUT2D eigenvalue weighted by Gasteiger charge is -2.43. The van der Waals surface area contributed by atoms with E-state index in [1.165, 1.54) is 5.01 Å². The molecular weight excluding hydrogens is 466 g/mol. The topological polar surface area (TPSA) is 129 Å². The van der Waals surface area contributed by atoms with Crippen molar-refractivity contribution in [3.05, 3.63) is 35.9 Å². The second-order valence-electron chi connectivity index (χ2n) is 10.1. The molecule has 11 nitrogen and oxygen atoms in total. The molecule has 0 unspecified atom stereocenters. The fourth-order valence-corrected chi connectivity index (χ4v) is 3.79. The van der Waals surface area contributed by atoms with Crippen LogP contribution in [0.4, 0.5) is 9.59 Å². The monoisotopic (exact) mass is 505 g/mol. The Morgan fingerprint density at radius 3 is 2.33 bits per heavy atom. The summed E-state index contributed by atoms with van der Waals surface area (Å²) in [6.45, 7) is 9.28. The van der Waals surface area contributed by atoms with Crippen molar-refractivity contribution in [3.8, 4) is 0 Å². The number of ether oxygens (including phenoxy) is 2. The van der Waals surface area contributed by atoms with Crippen LogP contribution in [-0.4, -0.2) is 65.3 Å². The number of hydrazine groups is 2. The second-order valence-corrected chi connectivity index (χ2v) is 10.1. The summed E-state index contributed by atoms with van der Waals surface area (Å²) in [5.74, 6) is -0.884. The zero-order valence-corrected chi connectivity index (χ0v) is 22.0. The first-order chi connectivity index (χ1) is 16.9. The number of carbonyl (C=O) groups is 4. The van der Waals surface area contributed by atoms with Crippen molar-refractivity contribution < 1.29 is 28.7 Å². The van der Waals surface area contributed by atoms with Crippen LogP contribution in [0.25, 0.3) is 0 Å². The molecule has 36 heavy (non-hydrogen) atoms. The van der Waals surface area contributed by atoms with Crippen molar-refractivity contribution in [1.82, 2.24) is 26.2 Å². The molecule has 2 rings (SSSR count). The van der Waals surface area contributed by atoms with E-state index in [9.17, 15) is 19.2 Å². The van der Waals surface area contributed by atoms with E-state index in [1.807, 2.05) is 44.2 Å². The number of amides is 4. The average molecular weight is 506 g/mol. The van der Waals surface area contributed by atoms with Crippen molar-refractivity contribution >= 4 is 24.0 Å². The molecule has 1 aliphatic rings. The van der Waals surface area contributed by atoms with Gasteiger partial charge in [0.1, 0.15) is 18.2 Å². The minimum absolute atomic E-state index is 0.0245. The Kier molecular flexibility index (Phi) is 10.5. The molecule has 0 saturated carbocycles. The summed E-state index contributed by atoms with van der Waals surface area (Å²) in [7, 11) is 1.66. The highest BCUT2D eigenvalue weighted by Crippen LogP contribution is 2.23. The van der Waals surface area contributed by atoms with E-state index in [2.05, 4.69) is 16.2 Å². The predicted octanol–water partition coefficient (Wildman–Crippen LogP) is 2.72. The third-order valence-corrected chi connectivity index (χ3v) is 5.39. The number of hydrogen-bond acceptors (Lipinski definition) is 7. The average Bonchev–Trinajstić information content (AvgIpc) is 2.82. The van der Waals surface area contributed by atoms with Gasteiger partial charge in [0, 0.05) is 6.54 Å². The summed E-state index contributed by atoms with van der Waals surface area (Å²) in [6.07, 6.45) is -0.304. The Morgan fingerprint density at radius 1 is 1.08 bits per heavy atom. The zero-order valence-electron chi connectivity index (χ0n) is 22.0. The fraction of sp³-hybridized carbons (Fsp3) is 0.600. The normalized spacial score (nSPS) is 16.8. The summed E-state index contributed by atoms with van der Waals surface area (Å²) < 4.78 is 10.6. The first kappa shape index (κ1) is 28.9. The van der Waals surface area contributed by atoms with Gasteiger partial charge in [-0.25, -0.2) is 25.0 Å². The third-order valence-electron chi connectivity index (χ3n) is 5.39. The SMILES string of the molecule is CN[C@H](CC(C)C)C(=O)N1[C@H](C(=O)NNC(=O)OC(C)(C)C)CCCN1C(=O)OCc1ccccc1. The molecule has 0 spiro atoms. The number of likely N-dealkylation sites (N-methyl/N-ethyl adjacent to an activating group) is 1. The molecule has 200 valence electrons. The van der Waals surface area contributed by atoms with Crippen molar-refractivity contribution in [2.24, 2.45) is 5.92 Å². The predicted molar refractivity (Wildman–Crippen MR) is 133 cm³/mol. The summed E-state index contributed by atoms with van der Waals surface area (Å²) in [5, 5.41) is 5.33. The molecule has 2 atom stereocenters. The molecule has 0 aromatic heterocycles. The molecule has 4 amide bonds. The van der Waals surface area contributed by atoms with Gasteiger partial charge in [-0.3, -0.25) is 15.0 Å². The maximum Gasteiger partial charge on any atom is 0.429 e. The van der Waals surface area contributed by atoms with Crippen molar-refractivity contribution in [2.75, 3.05) is 13.6 Å². The molecule has 1 fully saturated rings. The lowest BCUT2D eigenvalue weighted by Crippen LogP contribution is -2.66. The van der Waals surface area contributed by atoms with Gasteiger partial charge in [-0.15, -0.1) is 0 Å². The minimum atomic E-state index is -1.03. The van der Waals surface area contributed by atoms with E-state index in [1.54, 1.807) is 27.8 Å². The molecule has 3 N–H and O–H groups in total. The van der Waals surface area contributed by atoms with Crippen molar-refractivity contribution in [2.45, 2.75) is 78.2 Å². The summed E-state index contributed by atoms with van der Waals surface area (Å²) in [5.41, 5.74) is 4.57. The van der Waals surface area contributed by atoms with Crippen LogP contribution in [0.1, 0.15) is 59.4 Å².